The SMILES string of the molecule is N#Cc1cccc(N[C@H]2CO[C@]3(CCN(Cc4nccs4)C3)C2)n1. The lowest BCUT2D eigenvalue weighted by Crippen LogP contribution is -2.33. The zero-order chi connectivity index (χ0) is 16.4. The van der Waals surface area contributed by atoms with Crippen molar-refractivity contribution in [3.63, 3.8) is 0 Å². The van der Waals surface area contributed by atoms with Crippen molar-refractivity contribution >= 4 is 17.2 Å². The van der Waals surface area contributed by atoms with Crippen molar-refractivity contribution in [1.82, 2.24) is 14.9 Å². The molecule has 2 saturated heterocycles. The summed E-state index contributed by atoms with van der Waals surface area (Å²) >= 11 is 1.71. The van der Waals surface area contributed by atoms with Gasteiger partial charge in [0.2, 0.25) is 0 Å². The predicted molar refractivity (Wildman–Crippen MR) is 91.7 cm³/mol. The van der Waals surface area contributed by atoms with Gasteiger partial charge in [-0.1, -0.05) is 6.07 Å². The molecule has 124 valence electrons. The third-order valence-electron chi connectivity index (χ3n) is 4.66. The van der Waals surface area contributed by atoms with Gasteiger partial charge < -0.3 is 10.1 Å². The van der Waals surface area contributed by atoms with Crippen LogP contribution in [0.3, 0.4) is 0 Å². The Morgan fingerprint density at radius 3 is 3.29 bits per heavy atom. The first kappa shape index (κ1) is 15.5. The third-order valence-corrected chi connectivity index (χ3v) is 5.43. The molecule has 2 aromatic heterocycles. The van der Waals surface area contributed by atoms with E-state index in [2.05, 4.69) is 26.3 Å². The Hall–Kier alpha value is -2.01. The molecular formula is C17H19N5OS. The lowest BCUT2D eigenvalue weighted by molar-refractivity contribution is 0.0120. The molecule has 2 fully saturated rings. The highest BCUT2D eigenvalue weighted by atomic mass is 32.1. The van der Waals surface area contributed by atoms with E-state index in [1.807, 2.05) is 23.7 Å². The largest absolute Gasteiger partial charge is 0.371 e. The van der Waals surface area contributed by atoms with Gasteiger partial charge in [0.15, 0.2) is 0 Å². The van der Waals surface area contributed by atoms with E-state index in [1.165, 1.54) is 0 Å². The molecule has 7 heteroatoms. The van der Waals surface area contributed by atoms with Gasteiger partial charge in [0.05, 0.1) is 24.8 Å². The molecular weight excluding hydrogens is 322 g/mol. The van der Waals surface area contributed by atoms with Crippen molar-refractivity contribution < 1.29 is 4.74 Å². The topological polar surface area (TPSA) is 74.1 Å². The molecule has 24 heavy (non-hydrogen) atoms. The van der Waals surface area contributed by atoms with E-state index in [0.29, 0.717) is 12.3 Å². The van der Waals surface area contributed by atoms with Gasteiger partial charge in [-0.05, 0) is 18.6 Å². The fourth-order valence-corrected chi connectivity index (χ4v) is 4.25. The van der Waals surface area contributed by atoms with Gasteiger partial charge >= 0.3 is 0 Å². The van der Waals surface area contributed by atoms with E-state index in [1.54, 1.807) is 17.4 Å². The molecule has 1 N–H and O–H groups in total. The van der Waals surface area contributed by atoms with E-state index in [0.717, 1.165) is 43.3 Å². The van der Waals surface area contributed by atoms with Crippen LogP contribution in [-0.4, -0.2) is 46.2 Å². The summed E-state index contributed by atoms with van der Waals surface area (Å²) in [7, 11) is 0. The first-order valence-corrected chi connectivity index (χ1v) is 9.01. The fourth-order valence-electron chi connectivity index (χ4n) is 3.59. The Morgan fingerprint density at radius 1 is 1.50 bits per heavy atom. The van der Waals surface area contributed by atoms with Gasteiger partial charge in [0, 0.05) is 31.1 Å². The summed E-state index contributed by atoms with van der Waals surface area (Å²) in [4.78, 5) is 11.1. The highest BCUT2D eigenvalue weighted by molar-refractivity contribution is 7.09. The Labute approximate surface area is 145 Å². The van der Waals surface area contributed by atoms with Crippen molar-refractivity contribution in [1.29, 1.82) is 5.26 Å². The average molecular weight is 341 g/mol. The van der Waals surface area contributed by atoms with Gasteiger partial charge in [-0.15, -0.1) is 11.3 Å². The lowest BCUT2D eigenvalue weighted by Gasteiger charge is -2.23. The number of rotatable bonds is 4. The van der Waals surface area contributed by atoms with Gasteiger partial charge in [0.25, 0.3) is 0 Å². The number of hydrogen-bond donors (Lipinski definition) is 1. The van der Waals surface area contributed by atoms with Gasteiger partial charge in [-0.3, -0.25) is 4.90 Å². The van der Waals surface area contributed by atoms with Crippen LogP contribution in [-0.2, 0) is 11.3 Å². The minimum Gasteiger partial charge on any atom is -0.371 e. The number of thiazole rings is 1. The smallest absolute Gasteiger partial charge is 0.142 e. The maximum absolute atomic E-state index is 8.95. The fraction of sp³-hybridized carbons (Fsp3) is 0.471. The number of anilines is 1. The van der Waals surface area contributed by atoms with Gasteiger partial charge in [-0.2, -0.15) is 5.26 Å². The number of nitrogens with zero attached hydrogens (tertiary/aromatic N) is 4. The summed E-state index contributed by atoms with van der Waals surface area (Å²) in [6.45, 7) is 3.60. The van der Waals surface area contributed by atoms with Crippen molar-refractivity contribution in [2.45, 2.75) is 31.0 Å². The van der Waals surface area contributed by atoms with Crippen LogP contribution in [0.15, 0.2) is 29.8 Å². The molecule has 2 aromatic rings. The van der Waals surface area contributed by atoms with Gasteiger partial charge in [0.1, 0.15) is 22.6 Å². The first-order chi connectivity index (χ1) is 11.7. The number of pyridine rings is 1. The first-order valence-electron chi connectivity index (χ1n) is 8.13. The maximum Gasteiger partial charge on any atom is 0.142 e. The van der Waals surface area contributed by atoms with E-state index < -0.39 is 0 Å². The standard InChI is InChI=1S/C17H19N5OS/c18-9-13-2-1-3-15(20-13)21-14-8-17(23-11-14)4-6-22(12-17)10-16-19-5-7-24-16/h1-3,5,7,14H,4,6,8,10-12H2,(H,20,21)/t14-,17-/m1/s1. The summed E-state index contributed by atoms with van der Waals surface area (Å²) in [6.07, 6.45) is 3.89. The molecule has 1 spiro atoms. The van der Waals surface area contributed by atoms with Crippen LogP contribution in [0.5, 0.6) is 0 Å². The summed E-state index contributed by atoms with van der Waals surface area (Å²) in [5, 5.41) is 15.5. The molecule has 0 unspecified atom stereocenters. The molecule has 0 amide bonds. The van der Waals surface area contributed by atoms with E-state index in [9.17, 15) is 0 Å². The normalized spacial score (nSPS) is 26.7. The van der Waals surface area contributed by atoms with Crippen molar-refractivity contribution in [2.24, 2.45) is 0 Å². The van der Waals surface area contributed by atoms with Crippen LogP contribution in [0, 0.1) is 11.3 Å². The zero-order valence-corrected chi connectivity index (χ0v) is 14.1. The Morgan fingerprint density at radius 2 is 2.46 bits per heavy atom. The number of nitrogens with one attached hydrogen (secondary N) is 1. The molecule has 2 aliphatic heterocycles. The Balaban J connectivity index is 1.35. The summed E-state index contributed by atoms with van der Waals surface area (Å²) in [5.74, 6) is 0.748. The number of hydrogen-bond acceptors (Lipinski definition) is 7. The maximum atomic E-state index is 8.95. The zero-order valence-electron chi connectivity index (χ0n) is 13.3. The Bertz CT molecular complexity index is 744. The average Bonchev–Trinajstić information content (AvgIpc) is 3.32. The predicted octanol–water partition coefficient (Wildman–Crippen LogP) is 2.26. The van der Waals surface area contributed by atoms with Crippen LogP contribution in [0.2, 0.25) is 0 Å². The highest BCUT2D eigenvalue weighted by Gasteiger charge is 2.45. The van der Waals surface area contributed by atoms with Crippen molar-refractivity contribution in [3.05, 3.63) is 40.5 Å². The second kappa shape index (κ2) is 6.48. The van der Waals surface area contributed by atoms with Crippen LogP contribution in [0.4, 0.5) is 5.82 Å². The second-order valence-corrected chi connectivity index (χ2v) is 7.42. The molecule has 0 bridgehead atoms. The molecule has 2 aliphatic rings. The van der Waals surface area contributed by atoms with Crippen LogP contribution in [0.25, 0.3) is 0 Å². The molecule has 0 saturated carbocycles. The molecule has 2 atom stereocenters. The second-order valence-electron chi connectivity index (χ2n) is 6.45. The number of aromatic nitrogens is 2. The molecule has 0 aromatic carbocycles. The van der Waals surface area contributed by atoms with Crippen LogP contribution >= 0.6 is 11.3 Å². The van der Waals surface area contributed by atoms with Crippen LogP contribution < -0.4 is 5.32 Å². The summed E-state index contributed by atoms with van der Waals surface area (Å²) < 4.78 is 6.18. The molecule has 6 nitrogen and oxygen atoms in total. The third kappa shape index (κ3) is 3.26. The van der Waals surface area contributed by atoms with Crippen LogP contribution in [0.1, 0.15) is 23.5 Å². The summed E-state index contributed by atoms with van der Waals surface area (Å²) in [6, 6.07) is 7.78. The highest BCUT2D eigenvalue weighted by Crippen LogP contribution is 2.36. The van der Waals surface area contributed by atoms with E-state index in [4.69, 9.17) is 10.00 Å². The molecule has 4 rings (SSSR count). The monoisotopic (exact) mass is 341 g/mol. The van der Waals surface area contributed by atoms with Crippen molar-refractivity contribution in [3.8, 4) is 6.07 Å². The van der Waals surface area contributed by atoms with E-state index >= 15 is 0 Å². The van der Waals surface area contributed by atoms with E-state index in [-0.39, 0.29) is 11.6 Å². The lowest BCUT2D eigenvalue weighted by atomic mass is 9.97. The minimum absolute atomic E-state index is 0.0538. The molecule has 0 radical (unpaired) electrons. The number of ether oxygens (including phenoxy) is 1. The van der Waals surface area contributed by atoms with Crippen molar-refractivity contribution in [2.75, 3.05) is 25.0 Å². The Kier molecular flexibility index (Phi) is 4.19. The number of nitriles is 1. The molecule has 0 aliphatic carbocycles. The summed E-state index contributed by atoms with van der Waals surface area (Å²) in [5.41, 5.74) is 0.381. The number of likely N-dealkylation sites (tertiary alicyclic amines) is 1. The minimum atomic E-state index is -0.0538. The quantitative estimate of drug-likeness (QED) is 0.919. The molecule has 4 heterocycles. The van der Waals surface area contributed by atoms with Gasteiger partial charge in [-0.25, -0.2) is 9.97 Å².